The molecule has 0 bridgehead atoms. The van der Waals surface area contributed by atoms with E-state index in [0.717, 1.165) is 6.92 Å². The molecule has 0 fully saturated rings. The molecule has 3 N–H and O–H groups in total. The summed E-state index contributed by atoms with van der Waals surface area (Å²) in [5.74, 6) is -1.69. The lowest BCUT2D eigenvalue weighted by Gasteiger charge is -2.28. The van der Waals surface area contributed by atoms with Gasteiger partial charge in [-0.2, -0.15) is 26.3 Å². The van der Waals surface area contributed by atoms with Crippen LogP contribution in [0.4, 0.5) is 26.3 Å². The van der Waals surface area contributed by atoms with Crippen LogP contribution in [-0.2, 0) is 4.79 Å². The predicted molar refractivity (Wildman–Crippen MR) is 46.9 cm³/mol. The maximum Gasteiger partial charge on any atom is 0.415 e. The number of rotatable bonds is 3. The standard InChI is InChI=1S/C8H12F6N2O/c1-4(3-7(9,10)11)16-5(17)6(2,15)8(12,13)14/h4H,3,15H2,1-2H3,(H,16,17). The minimum Gasteiger partial charge on any atom is -0.351 e. The highest BCUT2D eigenvalue weighted by Crippen LogP contribution is 2.28. The molecule has 0 heterocycles. The van der Waals surface area contributed by atoms with E-state index in [4.69, 9.17) is 5.73 Å². The first-order valence-electron chi connectivity index (χ1n) is 4.50. The minimum atomic E-state index is -5.03. The first kappa shape index (κ1) is 16.0. The van der Waals surface area contributed by atoms with Gasteiger partial charge in [-0.3, -0.25) is 4.79 Å². The molecule has 0 saturated carbocycles. The van der Waals surface area contributed by atoms with Crippen molar-refractivity contribution in [1.82, 2.24) is 5.32 Å². The molecule has 17 heavy (non-hydrogen) atoms. The Morgan fingerprint density at radius 1 is 1.24 bits per heavy atom. The van der Waals surface area contributed by atoms with Crippen LogP contribution >= 0.6 is 0 Å². The normalized spacial score (nSPS) is 18.4. The van der Waals surface area contributed by atoms with E-state index in [1.165, 1.54) is 0 Å². The molecule has 1 amide bonds. The lowest BCUT2D eigenvalue weighted by molar-refractivity contribution is -0.188. The summed E-state index contributed by atoms with van der Waals surface area (Å²) in [6, 6.07) is -1.48. The fourth-order valence-corrected chi connectivity index (χ4v) is 0.901. The lowest BCUT2D eigenvalue weighted by Crippen LogP contribution is -2.62. The van der Waals surface area contributed by atoms with Gasteiger partial charge >= 0.3 is 12.4 Å². The summed E-state index contributed by atoms with van der Waals surface area (Å²) in [5.41, 5.74) is 1.52. The number of hydrogen-bond acceptors (Lipinski definition) is 2. The van der Waals surface area contributed by atoms with Gasteiger partial charge in [-0.1, -0.05) is 0 Å². The van der Waals surface area contributed by atoms with E-state index in [-0.39, 0.29) is 0 Å². The molecule has 0 aliphatic carbocycles. The molecule has 2 atom stereocenters. The number of carbonyl (C=O) groups is 1. The maximum atomic E-state index is 12.3. The molecule has 0 radical (unpaired) electrons. The number of halogens is 6. The van der Waals surface area contributed by atoms with Crippen LogP contribution in [-0.4, -0.2) is 29.8 Å². The van der Waals surface area contributed by atoms with Crippen molar-refractivity contribution in [2.45, 2.75) is 44.2 Å². The Morgan fingerprint density at radius 3 is 1.94 bits per heavy atom. The third-order valence-corrected chi connectivity index (χ3v) is 1.98. The second kappa shape index (κ2) is 4.71. The molecule has 0 aromatic carbocycles. The van der Waals surface area contributed by atoms with Crippen LogP contribution < -0.4 is 11.1 Å². The van der Waals surface area contributed by atoms with E-state index in [1.807, 2.05) is 0 Å². The third-order valence-electron chi connectivity index (χ3n) is 1.98. The Balaban J connectivity index is 4.56. The summed E-state index contributed by atoms with van der Waals surface area (Å²) in [7, 11) is 0. The van der Waals surface area contributed by atoms with Crippen molar-refractivity contribution in [3.05, 3.63) is 0 Å². The molecule has 102 valence electrons. The Hall–Kier alpha value is -0.990. The topological polar surface area (TPSA) is 55.1 Å². The Bertz CT molecular complexity index is 283. The Kier molecular flexibility index (Phi) is 4.44. The fourth-order valence-electron chi connectivity index (χ4n) is 0.901. The molecule has 0 spiro atoms. The van der Waals surface area contributed by atoms with Crippen LogP contribution in [0.2, 0.25) is 0 Å². The smallest absolute Gasteiger partial charge is 0.351 e. The van der Waals surface area contributed by atoms with Crippen LogP contribution in [0.1, 0.15) is 20.3 Å². The van der Waals surface area contributed by atoms with Gasteiger partial charge in [0, 0.05) is 6.04 Å². The lowest BCUT2D eigenvalue weighted by atomic mass is 10.0. The number of carbonyl (C=O) groups excluding carboxylic acids is 1. The highest BCUT2D eigenvalue weighted by molar-refractivity contribution is 5.86. The van der Waals surface area contributed by atoms with Crippen molar-refractivity contribution < 1.29 is 31.1 Å². The van der Waals surface area contributed by atoms with Gasteiger partial charge < -0.3 is 11.1 Å². The van der Waals surface area contributed by atoms with E-state index in [9.17, 15) is 31.1 Å². The molecule has 9 heteroatoms. The molecular formula is C8H12F6N2O. The van der Waals surface area contributed by atoms with Crippen molar-refractivity contribution in [1.29, 1.82) is 0 Å². The quantitative estimate of drug-likeness (QED) is 0.764. The summed E-state index contributed by atoms with van der Waals surface area (Å²) in [4.78, 5) is 11.1. The van der Waals surface area contributed by atoms with Gasteiger partial charge in [-0.05, 0) is 13.8 Å². The van der Waals surface area contributed by atoms with Crippen LogP contribution in [0, 0.1) is 0 Å². The number of nitrogens with two attached hydrogens (primary N) is 1. The maximum absolute atomic E-state index is 12.3. The van der Waals surface area contributed by atoms with Crippen molar-refractivity contribution in [3.8, 4) is 0 Å². The average Bonchev–Trinajstić information content (AvgIpc) is 1.97. The van der Waals surface area contributed by atoms with Gasteiger partial charge in [-0.25, -0.2) is 0 Å². The summed E-state index contributed by atoms with van der Waals surface area (Å²) in [6.07, 6.45) is -11.0. The van der Waals surface area contributed by atoms with E-state index >= 15 is 0 Å². The van der Waals surface area contributed by atoms with Crippen molar-refractivity contribution in [3.63, 3.8) is 0 Å². The summed E-state index contributed by atoms with van der Waals surface area (Å²) >= 11 is 0. The van der Waals surface area contributed by atoms with Gasteiger partial charge in [0.1, 0.15) is 0 Å². The number of alkyl halides is 6. The van der Waals surface area contributed by atoms with Gasteiger partial charge in [-0.15, -0.1) is 0 Å². The number of nitrogens with one attached hydrogen (secondary N) is 1. The molecule has 0 rings (SSSR count). The highest BCUT2D eigenvalue weighted by Gasteiger charge is 2.54. The van der Waals surface area contributed by atoms with Crippen LogP contribution in [0.3, 0.4) is 0 Å². The summed E-state index contributed by atoms with van der Waals surface area (Å²) in [6.45, 7) is 1.33. The SMILES string of the molecule is CC(CC(F)(F)F)NC(=O)C(C)(N)C(F)(F)F. The van der Waals surface area contributed by atoms with Crippen molar-refractivity contribution in [2.75, 3.05) is 0 Å². The minimum absolute atomic E-state index is 0.392. The fraction of sp³-hybridized carbons (Fsp3) is 0.875. The zero-order valence-electron chi connectivity index (χ0n) is 9.04. The van der Waals surface area contributed by atoms with E-state index < -0.39 is 36.3 Å². The molecule has 0 saturated heterocycles. The first-order valence-corrected chi connectivity index (χ1v) is 4.50. The summed E-state index contributed by atoms with van der Waals surface area (Å²) < 4.78 is 72.4. The molecule has 0 aliphatic heterocycles. The van der Waals surface area contributed by atoms with E-state index in [0.29, 0.717) is 6.92 Å². The van der Waals surface area contributed by atoms with E-state index in [1.54, 1.807) is 5.32 Å². The molecule has 0 aromatic rings. The molecule has 3 nitrogen and oxygen atoms in total. The molecule has 0 aliphatic rings. The van der Waals surface area contributed by atoms with Crippen molar-refractivity contribution in [2.24, 2.45) is 5.73 Å². The second-order valence-corrected chi connectivity index (χ2v) is 3.89. The Labute approximate surface area is 93.3 Å². The van der Waals surface area contributed by atoms with Gasteiger partial charge in [0.2, 0.25) is 5.91 Å². The largest absolute Gasteiger partial charge is 0.415 e. The third kappa shape index (κ3) is 4.80. The van der Waals surface area contributed by atoms with Gasteiger partial charge in [0.05, 0.1) is 6.42 Å². The molecular weight excluding hydrogens is 254 g/mol. The van der Waals surface area contributed by atoms with Gasteiger partial charge in [0.15, 0.2) is 5.54 Å². The van der Waals surface area contributed by atoms with Crippen LogP contribution in [0.25, 0.3) is 0 Å². The van der Waals surface area contributed by atoms with Crippen molar-refractivity contribution >= 4 is 5.91 Å². The monoisotopic (exact) mass is 266 g/mol. The van der Waals surface area contributed by atoms with Gasteiger partial charge in [0.25, 0.3) is 0 Å². The first-order chi connectivity index (χ1) is 7.27. The average molecular weight is 266 g/mol. The van der Waals surface area contributed by atoms with E-state index in [2.05, 4.69) is 0 Å². The molecule has 0 aromatic heterocycles. The summed E-state index contributed by atoms with van der Waals surface area (Å²) in [5, 5.41) is 1.58. The highest BCUT2D eigenvalue weighted by atomic mass is 19.4. The Morgan fingerprint density at radius 2 is 1.65 bits per heavy atom. The molecule has 2 unspecified atom stereocenters. The zero-order valence-corrected chi connectivity index (χ0v) is 9.04. The predicted octanol–water partition coefficient (Wildman–Crippen LogP) is 1.72. The van der Waals surface area contributed by atoms with Crippen LogP contribution in [0.5, 0.6) is 0 Å². The number of amides is 1. The second-order valence-electron chi connectivity index (χ2n) is 3.89. The van der Waals surface area contributed by atoms with Crippen LogP contribution in [0.15, 0.2) is 0 Å². The number of hydrogen-bond donors (Lipinski definition) is 2. The zero-order chi connectivity index (χ0) is 14.1.